The standard InChI is InChI=1S/C35H43NSSi2/c1-35(2)17-15-23(16-18-35)24-13-14-28-29(20-24)37-34-32(28)31(39(6,7)8)22-36-33(34)26-19-25-11-9-10-12-27(25)30(21-26)38(3,4)5/h9-14,19-23H,15-18H2,1-8H3. The van der Waals surface area contributed by atoms with E-state index in [-0.39, 0.29) is 0 Å². The highest BCUT2D eigenvalue weighted by atomic mass is 32.1. The van der Waals surface area contributed by atoms with Crippen LogP contribution < -0.4 is 10.4 Å². The van der Waals surface area contributed by atoms with Gasteiger partial charge in [-0.1, -0.05) is 101 Å². The molecule has 0 aliphatic heterocycles. The van der Waals surface area contributed by atoms with Gasteiger partial charge in [0, 0.05) is 27.2 Å². The summed E-state index contributed by atoms with van der Waals surface area (Å²) < 4.78 is 2.82. The second-order valence-electron chi connectivity index (χ2n) is 14.8. The van der Waals surface area contributed by atoms with E-state index in [9.17, 15) is 0 Å². The quantitative estimate of drug-likeness (QED) is 0.198. The van der Waals surface area contributed by atoms with E-state index in [1.54, 1.807) is 5.56 Å². The summed E-state index contributed by atoms with van der Waals surface area (Å²) in [5, 5.41) is 8.67. The third-order valence-corrected chi connectivity index (χ3v) is 14.3. The number of fused-ring (bicyclic) bond motifs is 4. The fraction of sp³-hybridized carbons (Fsp3) is 0.400. The van der Waals surface area contributed by atoms with Gasteiger partial charge in [-0.05, 0) is 70.7 Å². The highest BCUT2D eigenvalue weighted by molar-refractivity contribution is 7.26. The first-order valence-corrected chi connectivity index (χ1v) is 22.5. The van der Waals surface area contributed by atoms with Crippen LogP contribution in [0, 0.1) is 5.41 Å². The Bertz CT molecular complexity index is 1700. The van der Waals surface area contributed by atoms with Crippen LogP contribution >= 0.6 is 11.3 Å². The van der Waals surface area contributed by atoms with Crippen LogP contribution in [0.4, 0.5) is 0 Å². The van der Waals surface area contributed by atoms with Gasteiger partial charge in [-0.15, -0.1) is 11.3 Å². The number of rotatable bonds is 4. The molecule has 0 atom stereocenters. The van der Waals surface area contributed by atoms with Crippen LogP contribution in [0.5, 0.6) is 0 Å². The van der Waals surface area contributed by atoms with Gasteiger partial charge in [0.15, 0.2) is 0 Å². The molecule has 1 aliphatic carbocycles. The second-order valence-corrected chi connectivity index (χ2v) is 25.9. The van der Waals surface area contributed by atoms with E-state index in [1.165, 1.54) is 78.3 Å². The first-order chi connectivity index (χ1) is 18.3. The van der Waals surface area contributed by atoms with Crippen LogP contribution in [0.1, 0.15) is 51.0 Å². The average molecular weight is 566 g/mol. The van der Waals surface area contributed by atoms with E-state index in [0.717, 1.165) is 0 Å². The fourth-order valence-corrected chi connectivity index (χ4v) is 11.1. The van der Waals surface area contributed by atoms with E-state index < -0.39 is 16.1 Å². The molecule has 1 saturated carbocycles. The van der Waals surface area contributed by atoms with Gasteiger partial charge in [-0.3, -0.25) is 4.98 Å². The Hall–Kier alpha value is -2.28. The van der Waals surface area contributed by atoms with Gasteiger partial charge in [0.25, 0.3) is 0 Å². The molecule has 1 aliphatic rings. The van der Waals surface area contributed by atoms with Crippen LogP contribution in [-0.4, -0.2) is 21.1 Å². The van der Waals surface area contributed by atoms with Crippen LogP contribution in [0.2, 0.25) is 39.3 Å². The molecule has 4 heteroatoms. The number of benzene rings is 3. The molecule has 0 radical (unpaired) electrons. The number of hydrogen-bond donors (Lipinski definition) is 0. The van der Waals surface area contributed by atoms with Crippen molar-refractivity contribution in [3.8, 4) is 11.3 Å². The van der Waals surface area contributed by atoms with Crippen molar-refractivity contribution in [3.63, 3.8) is 0 Å². The summed E-state index contributed by atoms with van der Waals surface area (Å²) in [4.78, 5) is 5.26. The Balaban J connectivity index is 1.58. The first-order valence-electron chi connectivity index (χ1n) is 14.7. The number of aromatic nitrogens is 1. The number of thiophene rings is 1. The third kappa shape index (κ3) is 4.94. The zero-order chi connectivity index (χ0) is 27.7. The summed E-state index contributed by atoms with van der Waals surface area (Å²) in [5.74, 6) is 0.696. The summed E-state index contributed by atoms with van der Waals surface area (Å²) in [6.07, 6.45) is 7.52. The molecule has 0 unspecified atom stereocenters. The van der Waals surface area contributed by atoms with E-state index >= 15 is 0 Å². The van der Waals surface area contributed by atoms with E-state index in [1.807, 2.05) is 11.3 Å². The second kappa shape index (κ2) is 9.39. The maximum Gasteiger partial charge on any atom is 0.0880 e. The van der Waals surface area contributed by atoms with Gasteiger partial charge in [0.1, 0.15) is 0 Å². The zero-order valence-electron chi connectivity index (χ0n) is 25.0. The molecule has 2 aromatic heterocycles. The summed E-state index contributed by atoms with van der Waals surface area (Å²) in [5.41, 5.74) is 4.49. The normalized spacial score (nSPS) is 16.9. The third-order valence-electron chi connectivity index (χ3n) is 9.08. The van der Waals surface area contributed by atoms with Gasteiger partial charge in [0.05, 0.1) is 26.5 Å². The van der Waals surface area contributed by atoms with Gasteiger partial charge in [-0.25, -0.2) is 0 Å². The lowest BCUT2D eigenvalue weighted by atomic mass is 9.71. The largest absolute Gasteiger partial charge is 0.255 e. The molecule has 0 N–H and O–H groups in total. The van der Waals surface area contributed by atoms with E-state index in [0.29, 0.717) is 11.3 Å². The van der Waals surface area contributed by atoms with Gasteiger partial charge in [0.2, 0.25) is 0 Å². The Morgan fingerprint density at radius 2 is 1.49 bits per heavy atom. The fourth-order valence-electron chi connectivity index (χ4n) is 6.63. The molecular formula is C35H43NSSi2. The van der Waals surface area contributed by atoms with Crippen LogP contribution in [-0.2, 0) is 0 Å². The molecule has 6 rings (SSSR count). The van der Waals surface area contributed by atoms with Crippen molar-refractivity contribution in [3.05, 3.63) is 66.4 Å². The number of nitrogens with zero attached hydrogens (tertiary/aromatic N) is 1. The molecule has 2 heterocycles. The minimum atomic E-state index is -1.60. The van der Waals surface area contributed by atoms with Gasteiger partial charge < -0.3 is 0 Å². The van der Waals surface area contributed by atoms with Crippen molar-refractivity contribution in [1.29, 1.82) is 0 Å². The van der Waals surface area contributed by atoms with E-state index in [4.69, 9.17) is 4.98 Å². The number of hydrogen-bond acceptors (Lipinski definition) is 2. The molecule has 0 spiro atoms. The van der Waals surface area contributed by atoms with Crippen molar-refractivity contribution in [1.82, 2.24) is 4.98 Å². The van der Waals surface area contributed by atoms with Crippen molar-refractivity contribution in [2.45, 2.75) is 84.7 Å². The van der Waals surface area contributed by atoms with Crippen LogP contribution in [0.15, 0.2) is 60.8 Å². The molecule has 0 amide bonds. The Labute approximate surface area is 240 Å². The minimum absolute atomic E-state index is 0.500. The monoisotopic (exact) mass is 565 g/mol. The smallest absolute Gasteiger partial charge is 0.0880 e. The molecule has 5 aromatic rings. The number of pyridine rings is 1. The average Bonchev–Trinajstić information content (AvgIpc) is 3.25. The first kappa shape index (κ1) is 26.9. The molecule has 202 valence electrons. The van der Waals surface area contributed by atoms with Crippen molar-refractivity contribution in [2.75, 3.05) is 0 Å². The Morgan fingerprint density at radius 3 is 2.18 bits per heavy atom. The molecule has 1 nitrogen and oxygen atoms in total. The summed E-state index contributed by atoms with van der Waals surface area (Å²) in [7, 11) is -3.15. The van der Waals surface area contributed by atoms with Gasteiger partial charge >= 0.3 is 0 Å². The van der Waals surface area contributed by atoms with E-state index in [2.05, 4.69) is 114 Å². The lowest BCUT2D eigenvalue weighted by Crippen LogP contribution is -2.38. The molecular weight excluding hydrogens is 523 g/mol. The van der Waals surface area contributed by atoms with Gasteiger partial charge in [-0.2, -0.15) is 0 Å². The van der Waals surface area contributed by atoms with Crippen molar-refractivity contribution < 1.29 is 0 Å². The van der Waals surface area contributed by atoms with Crippen molar-refractivity contribution >= 4 is 68.8 Å². The SMILES string of the molecule is CC1(C)CCC(c2ccc3c(c2)sc2c(-c4cc([Si](C)(C)C)c5ccccc5c4)ncc([Si](C)(C)C)c23)CC1. The maximum absolute atomic E-state index is 5.26. The predicted octanol–water partition coefficient (Wildman–Crippen LogP) is 10.0. The highest BCUT2D eigenvalue weighted by Crippen LogP contribution is 2.45. The molecule has 39 heavy (non-hydrogen) atoms. The maximum atomic E-state index is 5.26. The summed E-state index contributed by atoms with van der Waals surface area (Å²) in [6, 6.07) is 21.2. The molecule has 3 aromatic carbocycles. The summed E-state index contributed by atoms with van der Waals surface area (Å²) >= 11 is 1.98. The lowest BCUT2D eigenvalue weighted by Gasteiger charge is -2.34. The van der Waals surface area contributed by atoms with Crippen LogP contribution in [0.3, 0.4) is 0 Å². The minimum Gasteiger partial charge on any atom is -0.255 e. The molecule has 1 fully saturated rings. The zero-order valence-corrected chi connectivity index (χ0v) is 27.9. The molecule has 0 bridgehead atoms. The Morgan fingerprint density at radius 1 is 0.795 bits per heavy atom. The highest BCUT2D eigenvalue weighted by Gasteiger charge is 2.29. The van der Waals surface area contributed by atoms with Crippen LogP contribution in [0.25, 0.3) is 42.2 Å². The molecule has 0 saturated heterocycles. The lowest BCUT2D eigenvalue weighted by molar-refractivity contribution is 0.224. The summed E-state index contributed by atoms with van der Waals surface area (Å²) in [6.45, 7) is 19.6. The predicted molar refractivity (Wildman–Crippen MR) is 181 cm³/mol. The van der Waals surface area contributed by atoms with Crippen molar-refractivity contribution in [2.24, 2.45) is 5.41 Å². The topological polar surface area (TPSA) is 12.9 Å². The Kier molecular flexibility index (Phi) is 6.48.